The van der Waals surface area contributed by atoms with Crippen molar-refractivity contribution in [3.8, 4) is 0 Å². The summed E-state index contributed by atoms with van der Waals surface area (Å²) in [6.07, 6.45) is 0. The van der Waals surface area contributed by atoms with Crippen LogP contribution in [0.25, 0.3) is 0 Å². The Bertz CT molecular complexity index is 322. The highest BCUT2D eigenvalue weighted by molar-refractivity contribution is 7.98. The van der Waals surface area contributed by atoms with Gasteiger partial charge >= 0.3 is 0 Å². The number of hydrogen-bond donors (Lipinski definition) is 1. The topological polar surface area (TPSA) is 0 Å². The molecule has 0 saturated carbocycles. The number of hydrogen-bond acceptors (Lipinski definition) is 2. The third-order valence-corrected chi connectivity index (χ3v) is 4.85. The van der Waals surface area contributed by atoms with Gasteiger partial charge in [-0.2, -0.15) is 24.4 Å². The first kappa shape index (κ1) is 14.0. The Morgan fingerprint density at radius 3 is 2.19 bits per heavy atom. The average Bonchev–Trinajstić information content (AvgIpc) is 2.16. The molecule has 0 aliphatic rings. The molecule has 0 nitrogen and oxygen atoms in total. The molecule has 1 aromatic rings. The van der Waals surface area contributed by atoms with Gasteiger partial charge in [0, 0.05) is 5.75 Å². The van der Waals surface area contributed by atoms with E-state index in [0.717, 1.165) is 11.5 Å². The van der Waals surface area contributed by atoms with Crippen LogP contribution >= 0.6 is 24.4 Å². The fourth-order valence-electron chi connectivity index (χ4n) is 1.64. The van der Waals surface area contributed by atoms with Crippen molar-refractivity contribution in [2.75, 3.05) is 11.5 Å². The number of benzene rings is 1. The number of thioether (sulfide) groups is 1. The molecule has 90 valence electrons. The molecule has 0 heterocycles. The van der Waals surface area contributed by atoms with Gasteiger partial charge in [-0.15, -0.1) is 0 Å². The first-order chi connectivity index (χ1) is 7.43. The molecule has 0 atom stereocenters. The van der Waals surface area contributed by atoms with Crippen molar-refractivity contribution >= 4 is 24.4 Å². The highest BCUT2D eigenvalue weighted by Crippen LogP contribution is 2.25. The third kappa shape index (κ3) is 4.84. The van der Waals surface area contributed by atoms with Gasteiger partial charge in [-0.3, -0.25) is 0 Å². The van der Waals surface area contributed by atoms with Crippen LogP contribution in [-0.4, -0.2) is 11.5 Å². The molecule has 0 spiro atoms. The highest BCUT2D eigenvalue weighted by Gasteiger charge is 2.15. The van der Waals surface area contributed by atoms with Crippen molar-refractivity contribution in [3.63, 3.8) is 0 Å². The summed E-state index contributed by atoms with van der Waals surface area (Å²) < 4.78 is 0. The number of rotatable bonds is 5. The summed E-state index contributed by atoms with van der Waals surface area (Å²) in [6.45, 7) is 8.88. The molecule has 0 aliphatic heterocycles. The summed E-state index contributed by atoms with van der Waals surface area (Å²) in [4.78, 5) is 0. The molecule has 1 rings (SSSR count). The van der Waals surface area contributed by atoms with Crippen molar-refractivity contribution in [2.24, 2.45) is 5.41 Å². The molecular weight excluding hydrogens is 232 g/mol. The van der Waals surface area contributed by atoms with Crippen LogP contribution in [0.3, 0.4) is 0 Å². The average molecular weight is 254 g/mol. The third-order valence-electron chi connectivity index (χ3n) is 2.47. The Morgan fingerprint density at radius 2 is 1.69 bits per heavy atom. The summed E-state index contributed by atoms with van der Waals surface area (Å²) in [7, 11) is 0. The van der Waals surface area contributed by atoms with E-state index < -0.39 is 0 Å². The van der Waals surface area contributed by atoms with E-state index in [1.807, 2.05) is 11.8 Å². The maximum atomic E-state index is 4.38. The van der Waals surface area contributed by atoms with Gasteiger partial charge in [0.25, 0.3) is 0 Å². The predicted molar refractivity (Wildman–Crippen MR) is 79.7 cm³/mol. The minimum atomic E-state index is 0.340. The Balaban J connectivity index is 2.49. The second-order valence-electron chi connectivity index (χ2n) is 5.31. The van der Waals surface area contributed by atoms with Crippen LogP contribution < -0.4 is 0 Å². The van der Waals surface area contributed by atoms with Gasteiger partial charge in [-0.1, -0.05) is 43.2 Å². The minimum absolute atomic E-state index is 0.340. The summed E-state index contributed by atoms with van der Waals surface area (Å²) in [6, 6.07) is 6.80. The van der Waals surface area contributed by atoms with Crippen LogP contribution in [0.4, 0.5) is 0 Å². The maximum absolute atomic E-state index is 4.38. The molecule has 0 saturated heterocycles. The zero-order valence-electron chi connectivity index (χ0n) is 10.7. The molecular formula is C14H22S2. The minimum Gasteiger partial charge on any atom is -0.179 e. The van der Waals surface area contributed by atoms with Crippen molar-refractivity contribution < 1.29 is 0 Å². The second-order valence-corrected chi connectivity index (χ2v) is 6.61. The van der Waals surface area contributed by atoms with E-state index in [4.69, 9.17) is 0 Å². The Morgan fingerprint density at radius 1 is 1.12 bits per heavy atom. The van der Waals surface area contributed by atoms with Gasteiger partial charge < -0.3 is 0 Å². The zero-order valence-corrected chi connectivity index (χ0v) is 12.4. The Kier molecular flexibility index (Phi) is 5.26. The fourth-order valence-corrected chi connectivity index (χ4v) is 3.07. The Hall–Kier alpha value is -0.0800. The van der Waals surface area contributed by atoms with Crippen LogP contribution in [0.15, 0.2) is 18.2 Å². The van der Waals surface area contributed by atoms with Crippen LogP contribution in [0.5, 0.6) is 0 Å². The van der Waals surface area contributed by atoms with E-state index in [2.05, 4.69) is 58.5 Å². The highest BCUT2D eigenvalue weighted by atomic mass is 32.2. The normalized spacial score (nSPS) is 11.8. The van der Waals surface area contributed by atoms with Gasteiger partial charge in [0.1, 0.15) is 0 Å². The van der Waals surface area contributed by atoms with E-state index in [9.17, 15) is 0 Å². The monoisotopic (exact) mass is 254 g/mol. The van der Waals surface area contributed by atoms with Crippen molar-refractivity contribution in [1.29, 1.82) is 0 Å². The van der Waals surface area contributed by atoms with Gasteiger partial charge in [0.05, 0.1) is 0 Å². The standard InChI is InChI=1S/C14H22S2/c1-11-5-12(2)7-13(6-11)8-16-10-14(3,4)9-15/h5-7,15H,8-10H2,1-4H3. The molecule has 0 radical (unpaired) electrons. The molecule has 0 fully saturated rings. The number of thiol groups is 1. The lowest BCUT2D eigenvalue weighted by Crippen LogP contribution is -2.16. The van der Waals surface area contributed by atoms with Crippen molar-refractivity contribution in [1.82, 2.24) is 0 Å². The van der Waals surface area contributed by atoms with Gasteiger partial charge in [0.15, 0.2) is 0 Å². The predicted octanol–water partition coefficient (Wildman–Crippen LogP) is 4.49. The molecule has 1 aromatic carbocycles. The molecule has 16 heavy (non-hydrogen) atoms. The van der Waals surface area contributed by atoms with Crippen LogP contribution in [-0.2, 0) is 5.75 Å². The van der Waals surface area contributed by atoms with Crippen LogP contribution in [0.1, 0.15) is 30.5 Å². The smallest absolute Gasteiger partial charge is 0.0184 e. The SMILES string of the molecule is Cc1cc(C)cc(CSCC(C)(C)CS)c1. The van der Waals surface area contributed by atoms with Crippen LogP contribution in [0.2, 0.25) is 0 Å². The molecule has 0 unspecified atom stereocenters. The lowest BCUT2D eigenvalue weighted by molar-refractivity contribution is 0.493. The first-order valence-corrected chi connectivity index (χ1v) is 7.47. The lowest BCUT2D eigenvalue weighted by Gasteiger charge is -2.21. The first-order valence-electron chi connectivity index (χ1n) is 5.69. The quantitative estimate of drug-likeness (QED) is 0.755. The Labute approximate surface area is 110 Å². The van der Waals surface area contributed by atoms with E-state index >= 15 is 0 Å². The second kappa shape index (κ2) is 6.02. The maximum Gasteiger partial charge on any atom is 0.0184 e. The summed E-state index contributed by atoms with van der Waals surface area (Å²) in [5.74, 6) is 3.23. The molecule has 0 aromatic heterocycles. The molecule has 0 N–H and O–H groups in total. The van der Waals surface area contributed by atoms with E-state index in [-0.39, 0.29) is 0 Å². The number of aryl methyl sites for hydroxylation is 2. The lowest BCUT2D eigenvalue weighted by atomic mass is 10.0. The fraction of sp³-hybridized carbons (Fsp3) is 0.571. The van der Waals surface area contributed by atoms with Crippen molar-refractivity contribution in [3.05, 3.63) is 34.9 Å². The zero-order chi connectivity index (χ0) is 12.2. The van der Waals surface area contributed by atoms with Crippen molar-refractivity contribution in [2.45, 2.75) is 33.4 Å². The molecule has 2 heteroatoms. The van der Waals surface area contributed by atoms with E-state index in [0.29, 0.717) is 5.41 Å². The molecule has 0 amide bonds. The largest absolute Gasteiger partial charge is 0.179 e. The van der Waals surface area contributed by atoms with Gasteiger partial charge in [0.2, 0.25) is 0 Å². The molecule has 0 aliphatic carbocycles. The summed E-state index contributed by atoms with van der Waals surface area (Å²) in [5, 5.41) is 0. The van der Waals surface area contributed by atoms with E-state index in [1.165, 1.54) is 22.4 Å². The molecule has 0 bridgehead atoms. The van der Waals surface area contributed by atoms with E-state index in [1.54, 1.807) is 0 Å². The van der Waals surface area contributed by atoms with Gasteiger partial charge in [-0.25, -0.2) is 0 Å². The summed E-state index contributed by atoms with van der Waals surface area (Å²) >= 11 is 6.39. The van der Waals surface area contributed by atoms with Gasteiger partial charge in [-0.05, 0) is 36.3 Å². The summed E-state index contributed by atoms with van der Waals surface area (Å²) in [5.41, 5.74) is 4.51. The van der Waals surface area contributed by atoms with Crippen LogP contribution in [0, 0.1) is 19.3 Å².